The van der Waals surface area contributed by atoms with Crippen molar-refractivity contribution in [2.24, 2.45) is 0 Å². The van der Waals surface area contributed by atoms with E-state index < -0.39 is 0 Å². The zero-order chi connectivity index (χ0) is 8.55. The number of anilines is 2. The molecule has 0 aliphatic carbocycles. The Morgan fingerprint density at radius 2 is 2.25 bits per heavy atom. The quantitative estimate of drug-likeness (QED) is 0.400. The highest BCUT2D eigenvalue weighted by atomic mass is 16.3. The number of benzene rings is 1. The molecule has 64 valence electrons. The van der Waals surface area contributed by atoms with Crippen molar-refractivity contribution in [2.45, 2.75) is 12.8 Å². The Morgan fingerprint density at radius 1 is 1.42 bits per heavy atom. The zero-order valence-corrected chi connectivity index (χ0v) is 6.80. The van der Waals surface area contributed by atoms with E-state index >= 15 is 0 Å². The largest absolute Gasteiger partial charge is 0.508 e. The summed E-state index contributed by atoms with van der Waals surface area (Å²) >= 11 is 0. The first kappa shape index (κ1) is 7.28. The monoisotopic (exact) mass is 164 g/mol. The predicted octanol–water partition coefficient (Wildman–Crippen LogP) is 1.33. The molecule has 0 saturated heterocycles. The predicted molar refractivity (Wildman–Crippen MR) is 49.3 cm³/mol. The van der Waals surface area contributed by atoms with Crippen molar-refractivity contribution in [3.05, 3.63) is 17.7 Å². The van der Waals surface area contributed by atoms with Gasteiger partial charge >= 0.3 is 0 Å². The summed E-state index contributed by atoms with van der Waals surface area (Å²) in [6.45, 7) is 0.945. The smallest absolute Gasteiger partial charge is 0.120 e. The van der Waals surface area contributed by atoms with Gasteiger partial charge in [-0.2, -0.15) is 0 Å². The van der Waals surface area contributed by atoms with E-state index in [0.29, 0.717) is 5.75 Å². The molecule has 0 atom stereocenters. The fourth-order valence-electron chi connectivity index (χ4n) is 1.60. The van der Waals surface area contributed by atoms with Gasteiger partial charge in [0.2, 0.25) is 0 Å². The van der Waals surface area contributed by atoms with Crippen LogP contribution in [-0.2, 0) is 6.42 Å². The number of aromatic hydroxyl groups is 1. The molecule has 0 radical (unpaired) electrons. The number of nitrogens with two attached hydrogens (primary N) is 1. The van der Waals surface area contributed by atoms with Gasteiger partial charge < -0.3 is 16.2 Å². The van der Waals surface area contributed by atoms with E-state index in [1.807, 2.05) is 0 Å². The van der Waals surface area contributed by atoms with Gasteiger partial charge in [-0.25, -0.2) is 0 Å². The Hall–Kier alpha value is -1.38. The third-order valence-corrected chi connectivity index (χ3v) is 2.23. The minimum absolute atomic E-state index is 0.353. The Balaban J connectivity index is 2.57. The molecule has 12 heavy (non-hydrogen) atoms. The van der Waals surface area contributed by atoms with E-state index in [9.17, 15) is 5.11 Å². The van der Waals surface area contributed by atoms with Crippen LogP contribution >= 0.6 is 0 Å². The first-order valence-electron chi connectivity index (χ1n) is 4.13. The second kappa shape index (κ2) is 2.59. The average molecular weight is 164 g/mol. The molecular weight excluding hydrogens is 152 g/mol. The van der Waals surface area contributed by atoms with Crippen LogP contribution in [0.2, 0.25) is 0 Å². The third kappa shape index (κ3) is 0.978. The lowest BCUT2D eigenvalue weighted by Crippen LogP contribution is -2.13. The maximum atomic E-state index is 9.49. The van der Waals surface area contributed by atoms with Gasteiger partial charge in [0.15, 0.2) is 0 Å². The van der Waals surface area contributed by atoms with Crippen LogP contribution in [0.5, 0.6) is 5.75 Å². The van der Waals surface area contributed by atoms with Crippen LogP contribution in [0, 0.1) is 0 Å². The minimum Gasteiger partial charge on any atom is -0.508 e. The van der Waals surface area contributed by atoms with Gasteiger partial charge in [-0.3, -0.25) is 0 Å². The lowest BCUT2D eigenvalue weighted by molar-refractivity contribution is 0.467. The molecule has 4 N–H and O–H groups in total. The van der Waals surface area contributed by atoms with E-state index in [1.165, 1.54) is 0 Å². The summed E-state index contributed by atoms with van der Waals surface area (Å²) in [6, 6.07) is 3.38. The van der Waals surface area contributed by atoms with Crippen LogP contribution in [0.1, 0.15) is 12.0 Å². The number of nitrogen functional groups attached to an aromatic ring is 1. The Morgan fingerprint density at radius 3 is 3.00 bits per heavy atom. The maximum absolute atomic E-state index is 9.49. The first-order valence-corrected chi connectivity index (χ1v) is 4.13. The van der Waals surface area contributed by atoms with Crippen molar-refractivity contribution >= 4 is 11.4 Å². The summed E-state index contributed by atoms with van der Waals surface area (Å²) < 4.78 is 0. The highest BCUT2D eigenvalue weighted by molar-refractivity contribution is 5.74. The number of hydrogen-bond donors (Lipinski definition) is 3. The van der Waals surface area contributed by atoms with Gasteiger partial charge in [0.1, 0.15) is 5.75 Å². The van der Waals surface area contributed by atoms with Crippen molar-refractivity contribution < 1.29 is 5.11 Å². The van der Waals surface area contributed by atoms with Crippen molar-refractivity contribution in [1.82, 2.24) is 0 Å². The van der Waals surface area contributed by atoms with Gasteiger partial charge in [0.25, 0.3) is 0 Å². The highest BCUT2D eigenvalue weighted by Gasteiger charge is 2.14. The van der Waals surface area contributed by atoms with Crippen LogP contribution in [0.3, 0.4) is 0 Å². The molecule has 1 heterocycles. The van der Waals surface area contributed by atoms with E-state index in [-0.39, 0.29) is 0 Å². The summed E-state index contributed by atoms with van der Waals surface area (Å²) in [7, 11) is 0. The third-order valence-electron chi connectivity index (χ3n) is 2.23. The number of fused-ring (bicyclic) bond motifs is 1. The van der Waals surface area contributed by atoms with Crippen molar-refractivity contribution in [3.8, 4) is 5.75 Å². The average Bonchev–Trinajstić information content (AvgIpc) is 2.12. The number of nitrogens with one attached hydrogen (secondary N) is 1. The molecule has 0 amide bonds. The van der Waals surface area contributed by atoms with E-state index in [1.54, 1.807) is 12.1 Å². The number of phenols is 1. The lowest BCUT2D eigenvalue weighted by Gasteiger charge is -2.20. The molecule has 2 rings (SSSR count). The van der Waals surface area contributed by atoms with Crippen molar-refractivity contribution in [1.29, 1.82) is 0 Å². The van der Waals surface area contributed by atoms with Gasteiger partial charge in [0.05, 0.1) is 11.4 Å². The summed E-state index contributed by atoms with van der Waals surface area (Å²) in [5, 5.41) is 12.7. The van der Waals surface area contributed by atoms with Gasteiger partial charge in [-0.1, -0.05) is 0 Å². The highest BCUT2D eigenvalue weighted by Crippen LogP contribution is 2.34. The lowest BCUT2D eigenvalue weighted by atomic mass is 10.0. The second-order valence-electron chi connectivity index (χ2n) is 3.06. The molecule has 3 heteroatoms. The van der Waals surface area contributed by atoms with Gasteiger partial charge in [-0.05, 0) is 25.0 Å². The Labute approximate surface area is 71.2 Å². The summed E-state index contributed by atoms with van der Waals surface area (Å²) in [5.41, 5.74) is 8.34. The van der Waals surface area contributed by atoms with Gasteiger partial charge in [0, 0.05) is 12.1 Å². The van der Waals surface area contributed by atoms with Crippen LogP contribution < -0.4 is 11.1 Å². The fraction of sp³-hybridized carbons (Fsp3) is 0.333. The standard InChI is InChI=1S/C9H12N2O/c10-7-3-4-8(12)6-2-1-5-11-9(6)7/h3-4,11-12H,1-2,5,10H2. The molecule has 1 aliphatic heterocycles. The summed E-state index contributed by atoms with van der Waals surface area (Å²) in [6.07, 6.45) is 1.98. The van der Waals surface area contributed by atoms with Crippen molar-refractivity contribution in [2.75, 3.05) is 17.6 Å². The summed E-state index contributed by atoms with van der Waals surface area (Å²) in [4.78, 5) is 0. The number of hydrogen-bond acceptors (Lipinski definition) is 3. The topological polar surface area (TPSA) is 58.3 Å². The molecule has 0 aromatic heterocycles. The Kier molecular flexibility index (Phi) is 1.57. The molecule has 1 aromatic rings. The first-order chi connectivity index (χ1) is 5.79. The van der Waals surface area contributed by atoms with E-state index in [0.717, 1.165) is 36.3 Å². The van der Waals surface area contributed by atoms with Crippen LogP contribution in [0.4, 0.5) is 11.4 Å². The molecule has 1 aliphatic rings. The van der Waals surface area contributed by atoms with Gasteiger partial charge in [-0.15, -0.1) is 0 Å². The second-order valence-corrected chi connectivity index (χ2v) is 3.06. The van der Waals surface area contributed by atoms with Crippen LogP contribution in [0.25, 0.3) is 0 Å². The van der Waals surface area contributed by atoms with E-state index in [4.69, 9.17) is 5.73 Å². The Bertz CT molecular complexity index is 279. The number of rotatable bonds is 0. The SMILES string of the molecule is Nc1ccc(O)c2c1NCCC2. The minimum atomic E-state index is 0.353. The number of phenolic OH excluding ortho intramolecular Hbond substituents is 1. The molecule has 0 spiro atoms. The molecular formula is C9H12N2O. The molecule has 0 unspecified atom stereocenters. The maximum Gasteiger partial charge on any atom is 0.120 e. The van der Waals surface area contributed by atoms with Crippen LogP contribution in [0.15, 0.2) is 12.1 Å². The summed E-state index contributed by atoms with van der Waals surface area (Å²) in [5.74, 6) is 0.353. The molecule has 0 fully saturated rings. The normalized spacial score (nSPS) is 15.0. The fourth-order valence-corrected chi connectivity index (χ4v) is 1.60. The molecule has 0 bridgehead atoms. The van der Waals surface area contributed by atoms with E-state index in [2.05, 4.69) is 5.32 Å². The van der Waals surface area contributed by atoms with Crippen LogP contribution in [-0.4, -0.2) is 11.7 Å². The molecule has 0 saturated carbocycles. The molecule has 3 nitrogen and oxygen atoms in total. The zero-order valence-electron chi connectivity index (χ0n) is 6.80. The van der Waals surface area contributed by atoms with Crippen molar-refractivity contribution in [3.63, 3.8) is 0 Å². The molecule has 1 aromatic carbocycles.